The second kappa shape index (κ2) is 6.87. The van der Waals surface area contributed by atoms with Crippen LogP contribution in [0.2, 0.25) is 18.1 Å². The molecule has 6 heteroatoms. The topological polar surface area (TPSA) is 61.8 Å². The lowest BCUT2D eigenvalue weighted by atomic mass is 9.81. The van der Waals surface area contributed by atoms with Crippen LogP contribution in [0.1, 0.15) is 41.0 Å². The third kappa shape index (κ3) is 3.56. The van der Waals surface area contributed by atoms with Crippen LogP contribution in [0, 0.1) is 17.8 Å². The van der Waals surface area contributed by atoms with Gasteiger partial charge in [-0.1, -0.05) is 32.9 Å². The van der Waals surface area contributed by atoms with Crippen molar-refractivity contribution in [1.82, 2.24) is 0 Å². The molecule has 0 amide bonds. The van der Waals surface area contributed by atoms with Crippen LogP contribution in [0.4, 0.5) is 0 Å². The number of fused-ring (bicyclic) bond motifs is 2. The molecule has 0 aliphatic heterocycles. The molecular formula is C19H32O5Si. The molecule has 2 aliphatic carbocycles. The van der Waals surface area contributed by atoms with E-state index in [1.165, 1.54) is 0 Å². The minimum absolute atomic E-state index is 0.00883. The highest BCUT2D eigenvalue weighted by molar-refractivity contribution is 6.74. The Morgan fingerprint density at radius 1 is 1.12 bits per heavy atom. The first-order valence-corrected chi connectivity index (χ1v) is 12.1. The Kier molecular flexibility index (Phi) is 5.55. The number of carbonyl (C=O) groups is 2. The van der Waals surface area contributed by atoms with Crippen molar-refractivity contribution in [2.45, 2.75) is 64.8 Å². The van der Waals surface area contributed by atoms with Crippen molar-refractivity contribution in [3.63, 3.8) is 0 Å². The number of hydrogen-bond acceptors (Lipinski definition) is 5. The number of rotatable bonds is 6. The summed E-state index contributed by atoms with van der Waals surface area (Å²) in [6.07, 6.45) is 4.66. The molecule has 2 aliphatic rings. The zero-order valence-corrected chi connectivity index (χ0v) is 17.5. The van der Waals surface area contributed by atoms with E-state index in [1.807, 2.05) is 12.2 Å². The average molecular weight is 369 g/mol. The van der Waals surface area contributed by atoms with Crippen LogP contribution in [0.25, 0.3) is 0 Å². The lowest BCUT2D eigenvalue weighted by Gasteiger charge is -2.45. The summed E-state index contributed by atoms with van der Waals surface area (Å²) in [4.78, 5) is 25.3. The number of carbonyl (C=O) groups excluding carboxylic acids is 2. The third-order valence-electron chi connectivity index (χ3n) is 5.88. The zero-order valence-electron chi connectivity index (χ0n) is 16.5. The molecule has 142 valence electrons. The number of allylic oxidation sites excluding steroid dienone is 1. The molecule has 1 saturated carbocycles. The Balaban J connectivity index is 2.40. The normalized spacial score (nSPS) is 31.2. The monoisotopic (exact) mass is 368 g/mol. The predicted octanol–water partition coefficient (Wildman–Crippen LogP) is 3.70. The molecule has 2 bridgehead atoms. The molecule has 0 aromatic heterocycles. The minimum atomic E-state index is -2.14. The molecule has 0 saturated heterocycles. The molecule has 1 fully saturated rings. The number of esters is 2. The molecule has 0 spiro atoms. The Morgan fingerprint density at radius 2 is 1.68 bits per heavy atom. The van der Waals surface area contributed by atoms with Gasteiger partial charge in [-0.15, -0.1) is 0 Å². The van der Waals surface area contributed by atoms with Crippen LogP contribution < -0.4 is 0 Å². The van der Waals surface area contributed by atoms with Gasteiger partial charge in [0.15, 0.2) is 8.32 Å². The molecular weight excluding hydrogens is 336 g/mol. The largest absolute Gasteiger partial charge is 0.466 e. The van der Waals surface area contributed by atoms with E-state index in [2.05, 4.69) is 33.9 Å². The summed E-state index contributed by atoms with van der Waals surface area (Å²) in [6, 6.07) is 0. The van der Waals surface area contributed by atoms with Crippen LogP contribution in [0.15, 0.2) is 12.2 Å². The lowest BCUT2D eigenvalue weighted by molar-refractivity contribution is -0.165. The van der Waals surface area contributed by atoms with Gasteiger partial charge < -0.3 is 13.9 Å². The minimum Gasteiger partial charge on any atom is -0.466 e. The molecule has 0 radical (unpaired) electrons. The van der Waals surface area contributed by atoms with E-state index < -0.39 is 25.8 Å². The predicted molar refractivity (Wildman–Crippen MR) is 98.5 cm³/mol. The highest BCUT2D eigenvalue weighted by Crippen LogP contribution is 2.56. The van der Waals surface area contributed by atoms with Crippen molar-refractivity contribution in [2.75, 3.05) is 13.2 Å². The maximum absolute atomic E-state index is 12.8. The van der Waals surface area contributed by atoms with Crippen molar-refractivity contribution in [3.05, 3.63) is 12.2 Å². The maximum atomic E-state index is 12.8. The Labute approximate surface area is 152 Å². The van der Waals surface area contributed by atoms with Crippen LogP contribution in [0.3, 0.4) is 0 Å². The first-order valence-electron chi connectivity index (χ1n) is 9.22. The van der Waals surface area contributed by atoms with Gasteiger partial charge in [0.05, 0.1) is 24.7 Å². The second-order valence-electron chi connectivity index (χ2n) is 8.55. The fourth-order valence-corrected chi connectivity index (χ4v) is 5.25. The van der Waals surface area contributed by atoms with Crippen LogP contribution in [0.5, 0.6) is 0 Å². The zero-order chi connectivity index (χ0) is 19.0. The molecule has 0 heterocycles. The Hall–Kier alpha value is -1.14. The fourth-order valence-electron chi connectivity index (χ4n) is 3.71. The summed E-state index contributed by atoms with van der Waals surface area (Å²) in [7, 11) is -2.14. The molecule has 25 heavy (non-hydrogen) atoms. The van der Waals surface area contributed by atoms with Crippen LogP contribution >= 0.6 is 0 Å². The van der Waals surface area contributed by atoms with E-state index in [9.17, 15) is 9.59 Å². The molecule has 0 aromatic carbocycles. The van der Waals surface area contributed by atoms with E-state index in [0.717, 1.165) is 0 Å². The quantitative estimate of drug-likeness (QED) is 0.406. The number of hydrogen-bond donors (Lipinski definition) is 0. The highest BCUT2D eigenvalue weighted by atomic mass is 28.4. The van der Waals surface area contributed by atoms with E-state index in [4.69, 9.17) is 13.9 Å². The van der Waals surface area contributed by atoms with E-state index in [1.54, 1.807) is 13.8 Å². The molecule has 2 rings (SSSR count). The smallest absolute Gasteiger partial charge is 0.313 e. The first-order chi connectivity index (χ1) is 11.5. The summed E-state index contributed by atoms with van der Waals surface area (Å²) in [5.74, 6) is -1.86. The molecule has 0 N–H and O–H groups in total. The van der Waals surface area contributed by atoms with E-state index in [0.29, 0.717) is 13.0 Å². The number of ether oxygens (including phenoxy) is 2. The van der Waals surface area contributed by atoms with Crippen molar-refractivity contribution in [3.8, 4) is 0 Å². The summed E-state index contributed by atoms with van der Waals surface area (Å²) in [6.45, 7) is 15.0. The Morgan fingerprint density at radius 3 is 2.20 bits per heavy atom. The average Bonchev–Trinajstić information content (AvgIpc) is 3.00. The first kappa shape index (κ1) is 20.2. The summed E-state index contributed by atoms with van der Waals surface area (Å²) < 4.78 is 17.3. The SMILES string of the molecule is CCOC(=O)[C@H]1[C@H]2C=C[C@](O[Si](C)(C)C(C)(C)C)(C2)[C@H]1C(=O)OCC. The lowest BCUT2D eigenvalue weighted by Crippen LogP contribution is -2.53. The standard InChI is InChI=1S/C19H32O5Si/c1-8-22-16(20)14-13-10-11-19(12-13,15(14)17(21)23-9-2)24-25(6,7)18(3,4)5/h10-11,13-15H,8-9,12H2,1-7H3/t13-,14-,15+,19-/m0/s1. The van der Waals surface area contributed by atoms with Gasteiger partial charge in [0.2, 0.25) is 0 Å². The van der Waals surface area contributed by atoms with Gasteiger partial charge >= 0.3 is 11.9 Å². The summed E-state index contributed by atoms with van der Waals surface area (Å²) in [5, 5.41) is 0.00883. The maximum Gasteiger partial charge on any atom is 0.313 e. The van der Waals surface area contributed by atoms with Gasteiger partial charge in [-0.25, -0.2) is 0 Å². The van der Waals surface area contributed by atoms with E-state index >= 15 is 0 Å². The Bertz CT molecular complexity index is 563. The highest BCUT2D eigenvalue weighted by Gasteiger charge is 2.64. The molecule has 0 aromatic rings. The molecule has 4 atom stereocenters. The summed E-state index contributed by atoms with van der Waals surface area (Å²) >= 11 is 0. The van der Waals surface area contributed by atoms with E-state index in [-0.39, 0.29) is 29.5 Å². The third-order valence-corrected chi connectivity index (χ3v) is 10.4. The van der Waals surface area contributed by atoms with Gasteiger partial charge in [-0.3, -0.25) is 9.59 Å². The second-order valence-corrected chi connectivity index (χ2v) is 13.3. The summed E-state index contributed by atoms with van der Waals surface area (Å²) in [5.41, 5.74) is -0.753. The van der Waals surface area contributed by atoms with Crippen molar-refractivity contribution in [2.24, 2.45) is 17.8 Å². The fraction of sp³-hybridized carbons (Fsp3) is 0.789. The van der Waals surface area contributed by atoms with Crippen LogP contribution in [-0.2, 0) is 23.5 Å². The van der Waals surface area contributed by atoms with Crippen molar-refractivity contribution in [1.29, 1.82) is 0 Å². The molecule has 0 unspecified atom stereocenters. The van der Waals surface area contributed by atoms with Crippen molar-refractivity contribution < 1.29 is 23.5 Å². The van der Waals surface area contributed by atoms with Gasteiger partial charge in [-0.05, 0) is 44.3 Å². The van der Waals surface area contributed by atoms with Crippen LogP contribution in [-0.4, -0.2) is 39.1 Å². The van der Waals surface area contributed by atoms with Gasteiger partial charge in [-0.2, -0.15) is 0 Å². The van der Waals surface area contributed by atoms with Crippen molar-refractivity contribution >= 4 is 20.3 Å². The van der Waals surface area contributed by atoms with Gasteiger partial charge in [0, 0.05) is 0 Å². The van der Waals surface area contributed by atoms with Gasteiger partial charge in [0.1, 0.15) is 5.92 Å². The van der Waals surface area contributed by atoms with Gasteiger partial charge in [0.25, 0.3) is 0 Å². The molecule has 5 nitrogen and oxygen atoms in total.